The van der Waals surface area contributed by atoms with Crippen LogP contribution in [0.1, 0.15) is 25.3 Å². The molecular formula is C22H31N5S. The van der Waals surface area contributed by atoms with E-state index in [1.807, 2.05) is 25.0 Å². The van der Waals surface area contributed by atoms with Crippen LogP contribution in [0.4, 0.5) is 5.82 Å². The first-order valence-electron chi connectivity index (χ1n) is 10.0. The summed E-state index contributed by atoms with van der Waals surface area (Å²) in [5.74, 6) is 1.98. The Morgan fingerprint density at radius 3 is 2.61 bits per heavy atom. The average molecular weight is 398 g/mol. The first-order valence-corrected chi connectivity index (χ1v) is 10.9. The van der Waals surface area contributed by atoms with Gasteiger partial charge < -0.3 is 15.5 Å². The van der Waals surface area contributed by atoms with Gasteiger partial charge in [0.25, 0.3) is 0 Å². The smallest absolute Gasteiger partial charge is 0.191 e. The molecule has 28 heavy (non-hydrogen) atoms. The molecule has 6 heteroatoms. The second kappa shape index (κ2) is 10.4. The number of thioether (sulfide) groups is 1. The lowest BCUT2D eigenvalue weighted by atomic mass is 10.1. The van der Waals surface area contributed by atoms with E-state index in [4.69, 9.17) is 0 Å². The Labute approximate surface area is 173 Å². The number of benzene rings is 1. The number of aromatic nitrogens is 1. The van der Waals surface area contributed by atoms with Crippen LogP contribution in [-0.4, -0.2) is 48.9 Å². The second-order valence-corrected chi connectivity index (χ2v) is 8.81. The van der Waals surface area contributed by atoms with Crippen molar-refractivity contribution in [3.05, 3.63) is 54.2 Å². The SMILES string of the molecule is CN=C(NCC(C)Sc1ccccc1)NC1CCN(c2ccc(C)cn2)CC1. The van der Waals surface area contributed by atoms with E-state index in [0.717, 1.165) is 44.3 Å². The fourth-order valence-electron chi connectivity index (χ4n) is 3.30. The molecule has 1 aromatic heterocycles. The predicted molar refractivity (Wildman–Crippen MR) is 120 cm³/mol. The van der Waals surface area contributed by atoms with Gasteiger partial charge in [-0.3, -0.25) is 4.99 Å². The number of aryl methyl sites for hydroxylation is 1. The first kappa shape index (κ1) is 20.5. The van der Waals surface area contributed by atoms with Gasteiger partial charge in [0.1, 0.15) is 5.82 Å². The van der Waals surface area contributed by atoms with Gasteiger partial charge in [-0.2, -0.15) is 0 Å². The number of anilines is 1. The van der Waals surface area contributed by atoms with E-state index in [-0.39, 0.29) is 0 Å². The van der Waals surface area contributed by atoms with Crippen molar-refractivity contribution in [2.24, 2.45) is 4.99 Å². The predicted octanol–water partition coefficient (Wildman–Crippen LogP) is 3.70. The van der Waals surface area contributed by atoms with Crippen LogP contribution < -0.4 is 15.5 Å². The van der Waals surface area contributed by atoms with Gasteiger partial charge in [0.2, 0.25) is 0 Å². The van der Waals surface area contributed by atoms with E-state index in [2.05, 4.69) is 81.8 Å². The van der Waals surface area contributed by atoms with Gasteiger partial charge in [0, 0.05) is 49.1 Å². The van der Waals surface area contributed by atoms with E-state index >= 15 is 0 Å². The van der Waals surface area contributed by atoms with Crippen LogP contribution in [-0.2, 0) is 0 Å². The lowest BCUT2D eigenvalue weighted by Crippen LogP contribution is -2.49. The number of guanidine groups is 1. The largest absolute Gasteiger partial charge is 0.356 e. The average Bonchev–Trinajstić information content (AvgIpc) is 2.73. The standard InChI is InChI=1S/C22H31N5S/c1-17-9-10-21(24-15-17)27-13-11-19(12-14-27)26-22(23-3)25-16-18(2)28-20-7-5-4-6-8-20/h4-10,15,18-19H,11-14,16H2,1-3H3,(H2,23,25,26). The first-order chi connectivity index (χ1) is 13.6. The minimum absolute atomic E-state index is 0.449. The van der Waals surface area contributed by atoms with Crippen LogP contribution in [0.2, 0.25) is 0 Å². The van der Waals surface area contributed by atoms with Crippen molar-refractivity contribution in [1.29, 1.82) is 0 Å². The molecule has 150 valence electrons. The van der Waals surface area contributed by atoms with Gasteiger partial charge >= 0.3 is 0 Å². The summed E-state index contributed by atoms with van der Waals surface area (Å²) in [4.78, 5) is 12.6. The number of nitrogens with zero attached hydrogens (tertiary/aromatic N) is 3. The highest BCUT2D eigenvalue weighted by atomic mass is 32.2. The van der Waals surface area contributed by atoms with Crippen molar-refractivity contribution in [2.45, 2.75) is 42.9 Å². The van der Waals surface area contributed by atoms with Crippen molar-refractivity contribution in [3.63, 3.8) is 0 Å². The van der Waals surface area contributed by atoms with Crippen molar-refractivity contribution in [1.82, 2.24) is 15.6 Å². The molecule has 2 N–H and O–H groups in total. The van der Waals surface area contributed by atoms with Gasteiger partial charge in [0.05, 0.1) is 0 Å². The summed E-state index contributed by atoms with van der Waals surface area (Å²) in [7, 11) is 1.84. The molecule has 5 nitrogen and oxygen atoms in total. The lowest BCUT2D eigenvalue weighted by molar-refractivity contribution is 0.459. The van der Waals surface area contributed by atoms with Gasteiger partial charge in [-0.05, 0) is 43.5 Å². The zero-order valence-corrected chi connectivity index (χ0v) is 17.9. The summed E-state index contributed by atoms with van der Waals surface area (Å²) in [5, 5.41) is 7.53. The molecule has 0 saturated carbocycles. The van der Waals surface area contributed by atoms with Gasteiger partial charge in [0.15, 0.2) is 5.96 Å². The monoisotopic (exact) mass is 397 g/mol. The molecule has 1 aliphatic rings. The van der Waals surface area contributed by atoms with Crippen LogP contribution in [0.15, 0.2) is 58.5 Å². The highest BCUT2D eigenvalue weighted by Crippen LogP contribution is 2.22. The zero-order valence-electron chi connectivity index (χ0n) is 17.1. The third kappa shape index (κ3) is 6.16. The van der Waals surface area contributed by atoms with Crippen LogP contribution in [0.5, 0.6) is 0 Å². The minimum atomic E-state index is 0.449. The summed E-state index contributed by atoms with van der Waals surface area (Å²) in [6, 6.07) is 15.2. The second-order valence-electron chi connectivity index (χ2n) is 7.29. The molecule has 1 aliphatic heterocycles. The quantitative estimate of drug-likeness (QED) is 0.442. The number of hydrogen-bond acceptors (Lipinski definition) is 4. The van der Waals surface area contributed by atoms with Crippen molar-refractivity contribution >= 4 is 23.5 Å². The van der Waals surface area contributed by atoms with Gasteiger partial charge in [-0.15, -0.1) is 11.8 Å². The van der Waals surface area contributed by atoms with Gasteiger partial charge in [-0.1, -0.05) is 31.2 Å². The Hall–Kier alpha value is -2.21. The van der Waals surface area contributed by atoms with Crippen LogP contribution in [0.3, 0.4) is 0 Å². The summed E-state index contributed by atoms with van der Waals surface area (Å²) in [6.07, 6.45) is 4.12. The molecule has 0 bridgehead atoms. The van der Waals surface area contributed by atoms with E-state index in [1.165, 1.54) is 10.5 Å². The third-order valence-electron chi connectivity index (χ3n) is 4.92. The third-order valence-corrected chi connectivity index (χ3v) is 6.03. The fourth-order valence-corrected chi connectivity index (χ4v) is 4.25. The van der Waals surface area contributed by atoms with Crippen LogP contribution >= 0.6 is 11.8 Å². The maximum Gasteiger partial charge on any atom is 0.191 e. The molecule has 1 unspecified atom stereocenters. The summed E-state index contributed by atoms with van der Waals surface area (Å²) < 4.78 is 0. The normalized spacial score (nSPS) is 16.7. The summed E-state index contributed by atoms with van der Waals surface area (Å²) in [5.41, 5.74) is 1.20. The van der Waals surface area contributed by atoms with Crippen LogP contribution in [0.25, 0.3) is 0 Å². The molecule has 1 atom stereocenters. The van der Waals surface area contributed by atoms with Gasteiger partial charge in [-0.25, -0.2) is 4.98 Å². The molecule has 0 aliphatic carbocycles. The summed E-state index contributed by atoms with van der Waals surface area (Å²) >= 11 is 1.88. The Morgan fingerprint density at radius 2 is 1.96 bits per heavy atom. The molecule has 1 aromatic carbocycles. The molecule has 2 aromatic rings. The Balaban J connectivity index is 1.41. The molecule has 1 saturated heterocycles. The maximum absolute atomic E-state index is 4.55. The molecule has 1 fully saturated rings. The van der Waals surface area contributed by atoms with E-state index in [1.54, 1.807) is 0 Å². The molecule has 2 heterocycles. The van der Waals surface area contributed by atoms with Crippen molar-refractivity contribution in [2.75, 3.05) is 31.6 Å². The number of hydrogen-bond donors (Lipinski definition) is 2. The van der Waals surface area contributed by atoms with Crippen molar-refractivity contribution in [3.8, 4) is 0 Å². The molecule has 0 amide bonds. The minimum Gasteiger partial charge on any atom is -0.356 e. The lowest BCUT2D eigenvalue weighted by Gasteiger charge is -2.34. The number of pyridine rings is 1. The Morgan fingerprint density at radius 1 is 1.21 bits per heavy atom. The maximum atomic E-state index is 4.55. The molecule has 0 radical (unpaired) electrons. The van der Waals surface area contributed by atoms with E-state index < -0.39 is 0 Å². The number of nitrogens with one attached hydrogen (secondary N) is 2. The van der Waals surface area contributed by atoms with E-state index in [0.29, 0.717) is 11.3 Å². The Bertz CT molecular complexity index is 739. The molecule has 3 rings (SSSR count). The highest BCUT2D eigenvalue weighted by molar-refractivity contribution is 8.00. The zero-order chi connectivity index (χ0) is 19.8. The number of piperidine rings is 1. The number of aliphatic imine (C=N–C) groups is 1. The molecule has 0 spiro atoms. The summed E-state index contributed by atoms with van der Waals surface area (Å²) in [6.45, 7) is 7.23. The molecular weight excluding hydrogens is 366 g/mol. The van der Waals surface area contributed by atoms with Crippen LogP contribution in [0, 0.1) is 6.92 Å². The highest BCUT2D eigenvalue weighted by Gasteiger charge is 2.21. The fraction of sp³-hybridized carbons (Fsp3) is 0.455. The van der Waals surface area contributed by atoms with E-state index in [9.17, 15) is 0 Å². The van der Waals surface area contributed by atoms with Crippen molar-refractivity contribution < 1.29 is 0 Å². The Kier molecular flexibility index (Phi) is 7.60. The number of rotatable bonds is 6. The topological polar surface area (TPSA) is 52.6 Å².